The van der Waals surface area contributed by atoms with E-state index in [1.54, 1.807) is 12.1 Å². The van der Waals surface area contributed by atoms with Crippen LogP contribution in [0.15, 0.2) is 23.1 Å². The lowest BCUT2D eigenvalue weighted by Crippen LogP contribution is -2.19. The monoisotopic (exact) mass is 226 g/mol. The molecule has 0 bridgehead atoms. The first-order chi connectivity index (χ1) is 6.81. The van der Waals surface area contributed by atoms with Gasteiger partial charge in [-0.25, -0.2) is 13.6 Å². The Morgan fingerprint density at radius 3 is 2.67 bits per heavy atom. The number of anilines is 1. The van der Waals surface area contributed by atoms with Crippen LogP contribution in [0.4, 0.5) is 5.69 Å². The molecule has 0 saturated heterocycles. The van der Waals surface area contributed by atoms with Crippen LogP contribution in [0.25, 0.3) is 0 Å². The Hall–Kier alpha value is -1.07. The van der Waals surface area contributed by atoms with Crippen LogP contribution in [-0.4, -0.2) is 15.0 Å². The molecule has 1 heterocycles. The highest BCUT2D eigenvalue weighted by Gasteiger charge is 2.30. The molecule has 0 fully saturated rings. The predicted octanol–water partition coefficient (Wildman–Crippen LogP) is 1.04. The molecule has 1 aromatic rings. The second-order valence-electron chi connectivity index (χ2n) is 4.49. The van der Waals surface area contributed by atoms with Gasteiger partial charge >= 0.3 is 0 Å². The Morgan fingerprint density at radius 2 is 2.07 bits per heavy atom. The molecule has 0 saturated carbocycles. The summed E-state index contributed by atoms with van der Waals surface area (Å²) >= 11 is 0. The summed E-state index contributed by atoms with van der Waals surface area (Å²) < 4.78 is 22.4. The Bertz CT molecular complexity index is 506. The topological polar surface area (TPSA) is 72.2 Å². The van der Waals surface area contributed by atoms with Gasteiger partial charge in [0.2, 0.25) is 10.0 Å². The van der Waals surface area contributed by atoms with E-state index in [9.17, 15) is 8.42 Å². The van der Waals surface area contributed by atoms with Crippen molar-refractivity contribution in [3.05, 3.63) is 23.8 Å². The van der Waals surface area contributed by atoms with Crippen molar-refractivity contribution in [2.45, 2.75) is 24.2 Å². The Labute approximate surface area is 89.5 Å². The smallest absolute Gasteiger partial charge is 0.238 e. The predicted molar refractivity (Wildman–Crippen MR) is 59.3 cm³/mol. The molecule has 0 radical (unpaired) electrons. The summed E-state index contributed by atoms with van der Waals surface area (Å²) in [6.45, 7) is 4.95. The lowest BCUT2D eigenvalue weighted by atomic mass is 9.87. The highest BCUT2D eigenvalue weighted by atomic mass is 32.2. The van der Waals surface area contributed by atoms with Crippen LogP contribution < -0.4 is 10.5 Å². The van der Waals surface area contributed by atoms with Crippen LogP contribution in [0.5, 0.6) is 0 Å². The zero-order valence-corrected chi connectivity index (χ0v) is 9.56. The fraction of sp³-hybridized carbons (Fsp3) is 0.400. The van der Waals surface area contributed by atoms with E-state index in [-0.39, 0.29) is 10.3 Å². The van der Waals surface area contributed by atoms with Crippen molar-refractivity contribution in [1.82, 2.24) is 0 Å². The molecule has 1 aromatic carbocycles. The van der Waals surface area contributed by atoms with Gasteiger partial charge < -0.3 is 5.32 Å². The summed E-state index contributed by atoms with van der Waals surface area (Å²) in [7, 11) is -3.60. The fourth-order valence-corrected chi connectivity index (χ4v) is 2.37. The average Bonchev–Trinajstić information content (AvgIpc) is 2.41. The van der Waals surface area contributed by atoms with Gasteiger partial charge in [0.05, 0.1) is 4.90 Å². The van der Waals surface area contributed by atoms with Crippen LogP contribution in [0, 0.1) is 0 Å². The normalized spacial score (nSPS) is 18.3. The molecule has 0 aliphatic carbocycles. The summed E-state index contributed by atoms with van der Waals surface area (Å²) in [5.74, 6) is 0. The standard InChI is InChI=1S/C10H14N2O2S/c1-10(2)6-12-9-4-3-7(5-8(9)10)15(11,13)14/h3-5,12H,6H2,1-2H3,(H2,11,13,14). The molecule has 0 spiro atoms. The van der Waals surface area contributed by atoms with E-state index in [0.717, 1.165) is 17.8 Å². The molecular weight excluding hydrogens is 212 g/mol. The van der Waals surface area contributed by atoms with Crippen LogP contribution >= 0.6 is 0 Å². The van der Waals surface area contributed by atoms with Gasteiger partial charge in [0.25, 0.3) is 0 Å². The van der Waals surface area contributed by atoms with Gasteiger partial charge in [-0.15, -0.1) is 0 Å². The maximum absolute atomic E-state index is 11.2. The first-order valence-corrected chi connectivity index (χ1v) is 6.26. The van der Waals surface area contributed by atoms with Crippen molar-refractivity contribution in [3.8, 4) is 0 Å². The van der Waals surface area contributed by atoms with E-state index >= 15 is 0 Å². The number of hydrogen-bond acceptors (Lipinski definition) is 3. The van der Waals surface area contributed by atoms with Gasteiger partial charge in [0.1, 0.15) is 0 Å². The van der Waals surface area contributed by atoms with Crippen molar-refractivity contribution in [2.75, 3.05) is 11.9 Å². The summed E-state index contributed by atoms with van der Waals surface area (Å²) in [5.41, 5.74) is 1.96. The quantitative estimate of drug-likeness (QED) is 0.751. The number of hydrogen-bond donors (Lipinski definition) is 2. The lowest BCUT2D eigenvalue weighted by Gasteiger charge is -2.17. The van der Waals surface area contributed by atoms with Gasteiger partial charge in [0, 0.05) is 17.6 Å². The van der Waals surface area contributed by atoms with E-state index in [1.165, 1.54) is 6.07 Å². The second-order valence-corrected chi connectivity index (χ2v) is 6.05. The van der Waals surface area contributed by atoms with E-state index in [1.807, 2.05) is 0 Å². The number of sulfonamides is 1. The van der Waals surface area contributed by atoms with Gasteiger partial charge in [0.15, 0.2) is 0 Å². The maximum Gasteiger partial charge on any atom is 0.238 e. The van der Waals surface area contributed by atoms with Crippen LogP contribution in [-0.2, 0) is 15.4 Å². The van der Waals surface area contributed by atoms with E-state index in [2.05, 4.69) is 19.2 Å². The van der Waals surface area contributed by atoms with Gasteiger partial charge in [-0.1, -0.05) is 13.8 Å². The average molecular weight is 226 g/mol. The number of primary sulfonamides is 1. The van der Waals surface area contributed by atoms with Crippen molar-refractivity contribution in [1.29, 1.82) is 0 Å². The molecule has 2 rings (SSSR count). The van der Waals surface area contributed by atoms with Crippen LogP contribution in [0.3, 0.4) is 0 Å². The molecule has 5 heteroatoms. The third-order valence-electron chi connectivity index (χ3n) is 2.77. The molecule has 1 aliphatic rings. The van der Waals surface area contributed by atoms with Gasteiger partial charge in [-0.3, -0.25) is 0 Å². The lowest BCUT2D eigenvalue weighted by molar-refractivity contribution is 0.582. The SMILES string of the molecule is CC1(C)CNc2ccc(S(N)(=O)=O)cc21. The fourth-order valence-electron chi connectivity index (χ4n) is 1.83. The van der Waals surface area contributed by atoms with Crippen molar-refractivity contribution in [2.24, 2.45) is 5.14 Å². The largest absolute Gasteiger partial charge is 0.384 e. The first kappa shape index (κ1) is 10.4. The summed E-state index contributed by atoms with van der Waals surface area (Å²) in [4.78, 5) is 0.179. The zero-order chi connectivity index (χ0) is 11.3. The van der Waals surface area contributed by atoms with Crippen LogP contribution in [0.2, 0.25) is 0 Å². The van der Waals surface area contributed by atoms with Crippen molar-refractivity contribution >= 4 is 15.7 Å². The molecule has 3 N–H and O–H groups in total. The van der Waals surface area contributed by atoms with E-state index in [0.29, 0.717) is 0 Å². The molecule has 0 unspecified atom stereocenters. The third-order valence-corrected chi connectivity index (χ3v) is 3.68. The first-order valence-electron chi connectivity index (χ1n) is 4.72. The molecular formula is C10H14N2O2S. The van der Waals surface area contributed by atoms with Crippen molar-refractivity contribution < 1.29 is 8.42 Å². The number of fused-ring (bicyclic) bond motifs is 1. The van der Waals surface area contributed by atoms with Gasteiger partial charge in [-0.05, 0) is 23.8 Å². The highest BCUT2D eigenvalue weighted by molar-refractivity contribution is 7.89. The number of nitrogens with one attached hydrogen (secondary N) is 1. The highest BCUT2D eigenvalue weighted by Crippen LogP contribution is 2.37. The van der Waals surface area contributed by atoms with Crippen molar-refractivity contribution in [3.63, 3.8) is 0 Å². The Balaban J connectivity index is 2.61. The number of rotatable bonds is 1. The molecule has 1 aliphatic heterocycles. The Kier molecular flexibility index (Phi) is 2.06. The zero-order valence-electron chi connectivity index (χ0n) is 8.74. The second kappa shape index (κ2) is 2.96. The summed E-state index contributed by atoms with van der Waals surface area (Å²) in [6, 6.07) is 4.96. The minimum Gasteiger partial charge on any atom is -0.384 e. The Morgan fingerprint density at radius 1 is 1.40 bits per heavy atom. The number of nitrogens with two attached hydrogens (primary N) is 1. The third kappa shape index (κ3) is 1.72. The van der Waals surface area contributed by atoms with E-state index in [4.69, 9.17) is 5.14 Å². The summed E-state index contributed by atoms with van der Waals surface area (Å²) in [5, 5.41) is 8.32. The minimum atomic E-state index is -3.60. The molecule has 0 aromatic heterocycles. The molecule has 4 nitrogen and oxygen atoms in total. The minimum absolute atomic E-state index is 0.0456. The molecule has 15 heavy (non-hydrogen) atoms. The molecule has 0 amide bonds. The number of benzene rings is 1. The van der Waals surface area contributed by atoms with Gasteiger partial charge in [-0.2, -0.15) is 0 Å². The molecule has 0 atom stereocenters. The maximum atomic E-state index is 11.2. The molecule has 82 valence electrons. The van der Waals surface area contributed by atoms with Crippen LogP contribution in [0.1, 0.15) is 19.4 Å². The van der Waals surface area contributed by atoms with E-state index < -0.39 is 10.0 Å². The summed E-state index contributed by atoms with van der Waals surface area (Å²) in [6.07, 6.45) is 0.